The molecule has 0 fully saturated rings. The molecule has 4 nitrogen and oxygen atoms in total. The van der Waals surface area contributed by atoms with Crippen LogP contribution in [0.25, 0.3) is 6.08 Å². The van der Waals surface area contributed by atoms with Crippen molar-refractivity contribution in [2.45, 2.75) is 12.8 Å². The number of carboxylic acid groups (broad SMARTS) is 1. The Kier molecular flexibility index (Phi) is 3.33. The summed E-state index contributed by atoms with van der Waals surface area (Å²) >= 11 is 0. The van der Waals surface area contributed by atoms with E-state index in [2.05, 4.69) is 4.90 Å². The summed E-state index contributed by atoms with van der Waals surface area (Å²) in [5.74, 6) is -1.19. The normalized spacial score (nSPS) is 14.9. The number of fused-ring (bicyclic) bond motifs is 1. The van der Waals surface area contributed by atoms with E-state index in [1.165, 1.54) is 17.3 Å². The number of rotatable bonds is 2. The average Bonchev–Trinajstić information content (AvgIpc) is 2.35. The summed E-state index contributed by atoms with van der Waals surface area (Å²) in [7, 11) is 2.05. The Morgan fingerprint density at radius 3 is 3.00 bits per heavy atom. The van der Waals surface area contributed by atoms with Crippen LogP contribution in [-0.4, -0.2) is 24.7 Å². The quantitative estimate of drug-likeness (QED) is 0.637. The highest BCUT2D eigenvalue weighted by Gasteiger charge is 2.14. The molecule has 0 aliphatic carbocycles. The van der Waals surface area contributed by atoms with Crippen molar-refractivity contribution < 1.29 is 9.90 Å². The molecule has 1 aliphatic rings. The largest absolute Gasteiger partial charge is 0.477 e. The monoisotopic (exact) mass is 242 g/mol. The highest BCUT2D eigenvalue weighted by Crippen LogP contribution is 2.27. The van der Waals surface area contributed by atoms with Gasteiger partial charge in [0.05, 0.1) is 0 Å². The van der Waals surface area contributed by atoms with Gasteiger partial charge < -0.3 is 10.0 Å². The first-order valence-electron chi connectivity index (χ1n) is 5.81. The van der Waals surface area contributed by atoms with E-state index in [-0.39, 0.29) is 5.57 Å². The summed E-state index contributed by atoms with van der Waals surface area (Å²) < 4.78 is 0. The summed E-state index contributed by atoms with van der Waals surface area (Å²) in [5.41, 5.74) is 2.93. The topological polar surface area (TPSA) is 64.3 Å². The number of aryl methyl sites for hydroxylation is 1. The highest BCUT2D eigenvalue weighted by atomic mass is 16.4. The molecule has 1 heterocycles. The molecule has 0 bridgehead atoms. The van der Waals surface area contributed by atoms with Crippen molar-refractivity contribution in [2.75, 3.05) is 18.5 Å². The third-order valence-corrected chi connectivity index (χ3v) is 3.12. The van der Waals surface area contributed by atoms with Crippen LogP contribution < -0.4 is 4.90 Å². The average molecular weight is 242 g/mol. The minimum atomic E-state index is -1.19. The molecule has 0 spiro atoms. The van der Waals surface area contributed by atoms with Gasteiger partial charge in [-0.25, -0.2) is 4.79 Å². The number of benzene rings is 1. The SMILES string of the molecule is CN1CCCc2cc(/C=C(/C#N)C(=O)O)ccc21. The molecule has 2 rings (SSSR count). The molecule has 1 N–H and O–H groups in total. The maximum atomic E-state index is 10.8. The zero-order chi connectivity index (χ0) is 13.1. The second kappa shape index (κ2) is 4.92. The van der Waals surface area contributed by atoms with Crippen molar-refractivity contribution in [3.05, 3.63) is 34.9 Å². The molecule has 0 amide bonds. The number of anilines is 1. The molecular formula is C14H14N2O2. The molecule has 18 heavy (non-hydrogen) atoms. The predicted molar refractivity (Wildman–Crippen MR) is 69.3 cm³/mol. The summed E-state index contributed by atoms with van der Waals surface area (Å²) in [5, 5.41) is 17.5. The van der Waals surface area contributed by atoms with Crippen LogP contribution in [-0.2, 0) is 11.2 Å². The van der Waals surface area contributed by atoms with Gasteiger partial charge in [0.1, 0.15) is 11.6 Å². The van der Waals surface area contributed by atoms with Crippen molar-refractivity contribution in [2.24, 2.45) is 0 Å². The number of carboxylic acids is 1. The minimum Gasteiger partial charge on any atom is -0.477 e. The first-order valence-corrected chi connectivity index (χ1v) is 5.81. The molecule has 0 unspecified atom stereocenters. The maximum absolute atomic E-state index is 10.8. The van der Waals surface area contributed by atoms with Crippen molar-refractivity contribution in [3.63, 3.8) is 0 Å². The van der Waals surface area contributed by atoms with E-state index in [0.717, 1.165) is 24.9 Å². The van der Waals surface area contributed by atoms with E-state index in [1.54, 1.807) is 6.07 Å². The van der Waals surface area contributed by atoms with Gasteiger partial charge in [-0.1, -0.05) is 6.07 Å². The number of hydrogen-bond acceptors (Lipinski definition) is 3. The Morgan fingerprint density at radius 1 is 1.56 bits per heavy atom. The van der Waals surface area contributed by atoms with Gasteiger partial charge in [0, 0.05) is 19.3 Å². The third kappa shape index (κ3) is 2.35. The Balaban J connectivity index is 2.38. The van der Waals surface area contributed by atoms with Crippen molar-refractivity contribution in [1.29, 1.82) is 5.26 Å². The lowest BCUT2D eigenvalue weighted by Gasteiger charge is -2.27. The Hall–Kier alpha value is -2.28. The van der Waals surface area contributed by atoms with E-state index in [4.69, 9.17) is 10.4 Å². The van der Waals surface area contributed by atoms with Crippen LogP contribution in [0.2, 0.25) is 0 Å². The summed E-state index contributed by atoms with van der Waals surface area (Å²) in [6, 6.07) is 7.48. The molecule has 0 aromatic heterocycles. The summed E-state index contributed by atoms with van der Waals surface area (Å²) in [6.07, 6.45) is 3.51. The highest BCUT2D eigenvalue weighted by molar-refractivity contribution is 5.96. The van der Waals surface area contributed by atoms with E-state index in [0.29, 0.717) is 0 Å². The number of hydrogen-bond donors (Lipinski definition) is 1. The van der Waals surface area contributed by atoms with Crippen LogP contribution in [0.1, 0.15) is 17.5 Å². The first kappa shape index (κ1) is 12.2. The Bertz CT molecular complexity index is 555. The molecule has 1 aliphatic heterocycles. The second-order valence-corrected chi connectivity index (χ2v) is 4.39. The van der Waals surface area contributed by atoms with Gasteiger partial charge in [0.25, 0.3) is 0 Å². The summed E-state index contributed by atoms with van der Waals surface area (Å²) in [6.45, 7) is 1.04. The second-order valence-electron chi connectivity index (χ2n) is 4.39. The minimum absolute atomic E-state index is 0.237. The molecule has 0 saturated heterocycles. The number of nitrogens with zero attached hydrogens (tertiary/aromatic N) is 2. The van der Waals surface area contributed by atoms with E-state index in [1.807, 2.05) is 25.2 Å². The van der Waals surface area contributed by atoms with E-state index < -0.39 is 5.97 Å². The summed E-state index contributed by atoms with van der Waals surface area (Å²) in [4.78, 5) is 13.0. The fraction of sp³-hybridized carbons (Fsp3) is 0.286. The molecule has 1 aromatic rings. The van der Waals surface area contributed by atoms with Crippen LogP contribution in [0.4, 0.5) is 5.69 Å². The van der Waals surface area contributed by atoms with Crippen LogP contribution in [0.5, 0.6) is 0 Å². The fourth-order valence-corrected chi connectivity index (χ4v) is 2.20. The lowest BCUT2D eigenvalue weighted by atomic mass is 9.99. The molecule has 1 aromatic carbocycles. The first-order chi connectivity index (χ1) is 8.61. The standard InChI is InChI=1S/C14H14N2O2/c1-16-6-2-3-11-7-10(4-5-13(11)16)8-12(9-15)14(17)18/h4-5,7-8H,2-3,6H2,1H3,(H,17,18)/b12-8-. The molecule has 4 heteroatoms. The van der Waals surface area contributed by atoms with E-state index in [9.17, 15) is 4.79 Å². The van der Waals surface area contributed by atoms with Gasteiger partial charge >= 0.3 is 5.97 Å². The lowest BCUT2D eigenvalue weighted by Crippen LogP contribution is -2.24. The lowest BCUT2D eigenvalue weighted by molar-refractivity contribution is -0.132. The number of nitriles is 1. The van der Waals surface area contributed by atoms with Gasteiger partial charge in [0.15, 0.2) is 0 Å². The third-order valence-electron chi connectivity index (χ3n) is 3.12. The Labute approximate surface area is 106 Å². The van der Waals surface area contributed by atoms with Gasteiger partial charge in [-0.3, -0.25) is 0 Å². The van der Waals surface area contributed by atoms with Crippen LogP contribution in [0.15, 0.2) is 23.8 Å². The smallest absolute Gasteiger partial charge is 0.346 e. The van der Waals surface area contributed by atoms with Crippen LogP contribution in [0.3, 0.4) is 0 Å². The predicted octanol–water partition coefficient (Wildman–Crippen LogP) is 2.06. The van der Waals surface area contributed by atoms with Gasteiger partial charge in [-0.2, -0.15) is 5.26 Å². The Morgan fingerprint density at radius 2 is 2.33 bits per heavy atom. The zero-order valence-electron chi connectivity index (χ0n) is 10.2. The van der Waals surface area contributed by atoms with Crippen molar-refractivity contribution in [1.82, 2.24) is 0 Å². The maximum Gasteiger partial charge on any atom is 0.346 e. The molecule has 0 saturated carbocycles. The van der Waals surface area contributed by atoms with Crippen LogP contribution in [0, 0.1) is 11.3 Å². The van der Waals surface area contributed by atoms with Gasteiger partial charge in [0.2, 0.25) is 0 Å². The number of aliphatic carboxylic acids is 1. The van der Waals surface area contributed by atoms with Gasteiger partial charge in [-0.15, -0.1) is 0 Å². The molecule has 0 atom stereocenters. The number of carbonyl (C=O) groups is 1. The zero-order valence-corrected chi connectivity index (χ0v) is 10.2. The van der Waals surface area contributed by atoms with Crippen LogP contribution >= 0.6 is 0 Å². The fourth-order valence-electron chi connectivity index (χ4n) is 2.20. The van der Waals surface area contributed by atoms with E-state index >= 15 is 0 Å². The molecule has 0 radical (unpaired) electrons. The van der Waals surface area contributed by atoms with Gasteiger partial charge in [-0.05, 0) is 42.2 Å². The van der Waals surface area contributed by atoms with Crippen molar-refractivity contribution >= 4 is 17.7 Å². The van der Waals surface area contributed by atoms with Crippen molar-refractivity contribution in [3.8, 4) is 6.07 Å². The molecule has 92 valence electrons. The molecular weight excluding hydrogens is 228 g/mol.